The van der Waals surface area contributed by atoms with Crippen molar-refractivity contribution in [1.29, 1.82) is 0 Å². The number of anilines is 2. The fourth-order valence-electron chi connectivity index (χ4n) is 1.63. The molecule has 1 aliphatic heterocycles. The Morgan fingerprint density at radius 3 is 2.75 bits per heavy atom. The lowest BCUT2D eigenvalue weighted by Gasteiger charge is -2.39. The van der Waals surface area contributed by atoms with Gasteiger partial charge in [-0.25, -0.2) is 0 Å². The van der Waals surface area contributed by atoms with Crippen molar-refractivity contribution in [3.05, 3.63) is 24.3 Å². The zero-order valence-corrected chi connectivity index (χ0v) is 7.33. The summed E-state index contributed by atoms with van der Waals surface area (Å²) in [5.41, 5.74) is 7.79. The van der Waals surface area contributed by atoms with Crippen LogP contribution < -0.4 is 10.6 Å². The molecule has 1 aromatic carbocycles. The van der Waals surface area contributed by atoms with Gasteiger partial charge in [-0.2, -0.15) is 0 Å². The molecule has 2 heteroatoms. The summed E-state index contributed by atoms with van der Waals surface area (Å²) < 4.78 is 0. The number of hydrogen-bond acceptors (Lipinski definition) is 2. The number of nitrogens with zero attached hydrogens (tertiary/aromatic N) is 1. The van der Waals surface area contributed by atoms with Crippen LogP contribution in [0.1, 0.15) is 6.92 Å². The molecule has 1 fully saturated rings. The van der Waals surface area contributed by atoms with E-state index in [2.05, 4.69) is 17.9 Å². The largest absolute Gasteiger partial charge is 0.399 e. The smallest absolute Gasteiger partial charge is 0.0387 e. The third-order valence-electron chi connectivity index (χ3n) is 2.30. The number of nitrogens with two attached hydrogens (primary N) is 1. The third-order valence-corrected chi connectivity index (χ3v) is 2.30. The van der Waals surface area contributed by atoms with Crippen molar-refractivity contribution in [3.63, 3.8) is 0 Å². The van der Waals surface area contributed by atoms with Crippen LogP contribution in [0.4, 0.5) is 11.4 Å². The van der Waals surface area contributed by atoms with Gasteiger partial charge in [0.05, 0.1) is 0 Å². The van der Waals surface area contributed by atoms with Crippen LogP contribution in [0.15, 0.2) is 24.3 Å². The van der Waals surface area contributed by atoms with Crippen molar-refractivity contribution in [3.8, 4) is 0 Å². The minimum absolute atomic E-state index is 0.839. The summed E-state index contributed by atoms with van der Waals surface area (Å²) in [6, 6.07) is 8.08. The van der Waals surface area contributed by atoms with E-state index in [9.17, 15) is 0 Å². The normalized spacial score (nSPS) is 17.6. The van der Waals surface area contributed by atoms with E-state index in [0.29, 0.717) is 0 Å². The summed E-state index contributed by atoms with van der Waals surface area (Å²) in [7, 11) is 0. The van der Waals surface area contributed by atoms with Gasteiger partial charge in [0.15, 0.2) is 0 Å². The minimum Gasteiger partial charge on any atom is -0.399 e. The quantitative estimate of drug-likeness (QED) is 0.637. The maximum atomic E-state index is 5.68. The molecule has 64 valence electrons. The lowest BCUT2D eigenvalue weighted by Crippen LogP contribution is -2.45. The zero-order valence-electron chi connectivity index (χ0n) is 7.33. The van der Waals surface area contributed by atoms with Gasteiger partial charge in [0.25, 0.3) is 0 Å². The molecule has 2 nitrogen and oxygen atoms in total. The number of hydrogen-bond donors (Lipinski definition) is 1. The van der Waals surface area contributed by atoms with Crippen LogP contribution >= 0.6 is 0 Å². The number of benzene rings is 1. The molecule has 0 spiro atoms. The third kappa shape index (κ3) is 1.24. The van der Waals surface area contributed by atoms with Crippen LogP contribution in [-0.4, -0.2) is 13.1 Å². The first-order valence-electron chi connectivity index (χ1n) is 4.36. The van der Waals surface area contributed by atoms with Gasteiger partial charge in [-0.05, 0) is 24.1 Å². The van der Waals surface area contributed by atoms with Crippen molar-refractivity contribution in [2.75, 3.05) is 23.7 Å². The highest BCUT2D eigenvalue weighted by atomic mass is 15.2. The van der Waals surface area contributed by atoms with E-state index in [4.69, 9.17) is 5.73 Å². The molecule has 12 heavy (non-hydrogen) atoms. The number of nitrogen functional groups attached to an aromatic ring is 1. The second-order valence-electron chi connectivity index (χ2n) is 3.61. The standard InChI is InChI=1S/C10H14N2/c1-8-6-12(7-8)10-4-2-3-9(11)5-10/h2-5,8H,6-7,11H2,1H3. The molecule has 0 amide bonds. The van der Waals surface area contributed by atoms with Crippen LogP contribution in [0, 0.1) is 5.92 Å². The first-order chi connectivity index (χ1) is 5.75. The molecule has 1 saturated heterocycles. The van der Waals surface area contributed by atoms with Crippen molar-refractivity contribution in [2.24, 2.45) is 5.92 Å². The summed E-state index contributed by atoms with van der Waals surface area (Å²) in [6.07, 6.45) is 0. The summed E-state index contributed by atoms with van der Waals surface area (Å²) in [6.45, 7) is 4.61. The molecule has 1 aliphatic rings. The van der Waals surface area contributed by atoms with Gasteiger partial charge in [-0.3, -0.25) is 0 Å². The van der Waals surface area contributed by atoms with Crippen molar-refractivity contribution in [1.82, 2.24) is 0 Å². The van der Waals surface area contributed by atoms with Gasteiger partial charge in [0.2, 0.25) is 0 Å². The van der Waals surface area contributed by atoms with E-state index >= 15 is 0 Å². The minimum atomic E-state index is 0.839. The van der Waals surface area contributed by atoms with Gasteiger partial charge in [-0.1, -0.05) is 13.0 Å². The predicted octanol–water partition coefficient (Wildman–Crippen LogP) is 1.72. The summed E-state index contributed by atoms with van der Waals surface area (Å²) in [4.78, 5) is 2.35. The van der Waals surface area contributed by atoms with Gasteiger partial charge < -0.3 is 10.6 Å². The van der Waals surface area contributed by atoms with Crippen LogP contribution in [0.3, 0.4) is 0 Å². The molecule has 0 atom stereocenters. The fourth-order valence-corrected chi connectivity index (χ4v) is 1.63. The lowest BCUT2D eigenvalue weighted by atomic mass is 10.0. The Balaban J connectivity index is 2.13. The van der Waals surface area contributed by atoms with E-state index < -0.39 is 0 Å². The van der Waals surface area contributed by atoms with E-state index in [-0.39, 0.29) is 0 Å². The second kappa shape index (κ2) is 2.70. The van der Waals surface area contributed by atoms with Crippen molar-refractivity contribution < 1.29 is 0 Å². The second-order valence-corrected chi connectivity index (χ2v) is 3.61. The SMILES string of the molecule is CC1CN(c2cccc(N)c2)C1. The Morgan fingerprint density at radius 2 is 2.17 bits per heavy atom. The Morgan fingerprint density at radius 1 is 1.42 bits per heavy atom. The van der Waals surface area contributed by atoms with E-state index in [0.717, 1.165) is 11.6 Å². The summed E-state index contributed by atoms with van der Waals surface area (Å²) >= 11 is 0. The highest BCUT2D eigenvalue weighted by Crippen LogP contribution is 2.25. The van der Waals surface area contributed by atoms with Crippen molar-refractivity contribution >= 4 is 11.4 Å². The molecule has 2 rings (SSSR count). The molecule has 0 unspecified atom stereocenters. The zero-order chi connectivity index (χ0) is 8.55. The average Bonchev–Trinajstić information content (AvgIpc) is 1.99. The maximum absolute atomic E-state index is 5.68. The molecule has 0 bridgehead atoms. The van der Waals surface area contributed by atoms with Crippen LogP contribution in [-0.2, 0) is 0 Å². The van der Waals surface area contributed by atoms with Crippen LogP contribution in [0.5, 0.6) is 0 Å². The molecule has 0 radical (unpaired) electrons. The molecule has 1 aromatic rings. The Hall–Kier alpha value is -1.18. The molecular weight excluding hydrogens is 148 g/mol. The molecular formula is C10H14N2. The first-order valence-corrected chi connectivity index (χ1v) is 4.36. The summed E-state index contributed by atoms with van der Waals surface area (Å²) in [5, 5.41) is 0. The van der Waals surface area contributed by atoms with Crippen molar-refractivity contribution in [2.45, 2.75) is 6.92 Å². The maximum Gasteiger partial charge on any atom is 0.0387 e. The van der Waals surface area contributed by atoms with Gasteiger partial charge >= 0.3 is 0 Å². The Kier molecular flexibility index (Phi) is 1.68. The lowest BCUT2D eigenvalue weighted by molar-refractivity contribution is 0.447. The number of rotatable bonds is 1. The molecule has 0 aliphatic carbocycles. The molecule has 0 saturated carbocycles. The predicted molar refractivity (Wildman–Crippen MR) is 52.2 cm³/mol. The van der Waals surface area contributed by atoms with Crippen LogP contribution in [0.25, 0.3) is 0 Å². The van der Waals surface area contributed by atoms with E-state index in [1.807, 2.05) is 18.2 Å². The molecule has 0 aromatic heterocycles. The average molecular weight is 162 g/mol. The summed E-state index contributed by atoms with van der Waals surface area (Å²) in [5.74, 6) is 0.839. The van der Waals surface area contributed by atoms with E-state index in [1.54, 1.807) is 0 Å². The highest BCUT2D eigenvalue weighted by Gasteiger charge is 2.22. The molecule has 1 heterocycles. The Bertz CT molecular complexity index is 277. The Labute approximate surface area is 73.0 Å². The fraction of sp³-hybridized carbons (Fsp3) is 0.400. The highest BCUT2D eigenvalue weighted by molar-refractivity contribution is 5.57. The van der Waals surface area contributed by atoms with Gasteiger partial charge in [0, 0.05) is 24.5 Å². The van der Waals surface area contributed by atoms with Crippen LogP contribution in [0.2, 0.25) is 0 Å². The van der Waals surface area contributed by atoms with E-state index in [1.165, 1.54) is 18.8 Å². The van der Waals surface area contributed by atoms with Gasteiger partial charge in [-0.15, -0.1) is 0 Å². The monoisotopic (exact) mass is 162 g/mol. The molecule has 2 N–H and O–H groups in total. The topological polar surface area (TPSA) is 29.3 Å². The first kappa shape index (κ1) is 7.47. The van der Waals surface area contributed by atoms with Gasteiger partial charge in [0.1, 0.15) is 0 Å².